The highest BCUT2D eigenvalue weighted by atomic mass is 16.2. The quantitative estimate of drug-likeness (QED) is 0.728. The summed E-state index contributed by atoms with van der Waals surface area (Å²) in [7, 11) is 0. The van der Waals surface area contributed by atoms with Crippen LogP contribution >= 0.6 is 0 Å². The van der Waals surface area contributed by atoms with E-state index in [0.717, 1.165) is 19.3 Å². The SMILES string of the molecule is CC(C)CC(CN)C(=O)NC1(C)CCC1. The molecule has 1 saturated carbocycles. The van der Waals surface area contributed by atoms with Crippen molar-refractivity contribution in [3.05, 3.63) is 0 Å². The fourth-order valence-corrected chi connectivity index (χ4v) is 2.11. The molecule has 3 nitrogen and oxygen atoms in total. The lowest BCUT2D eigenvalue weighted by Gasteiger charge is -2.40. The van der Waals surface area contributed by atoms with E-state index in [1.165, 1.54) is 6.42 Å². The van der Waals surface area contributed by atoms with Crippen LogP contribution in [-0.4, -0.2) is 18.0 Å². The minimum atomic E-state index is -0.0116. The van der Waals surface area contributed by atoms with Crippen LogP contribution in [0.4, 0.5) is 0 Å². The van der Waals surface area contributed by atoms with Crippen molar-refractivity contribution < 1.29 is 4.79 Å². The normalized spacial score (nSPS) is 20.9. The lowest BCUT2D eigenvalue weighted by molar-refractivity contribution is -0.128. The summed E-state index contributed by atoms with van der Waals surface area (Å²) in [4.78, 5) is 11.9. The average Bonchev–Trinajstić information content (AvgIpc) is 2.11. The van der Waals surface area contributed by atoms with Crippen LogP contribution in [-0.2, 0) is 4.79 Å². The van der Waals surface area contributed by atoms with Gasteiger partial charge in [-0.25, -0.2) is 0 Å². The van der Waals surface area contributed by atoms with Crippen LogP contribution in [0.2, 0.25) is 0 Å². The van der Waals surface area contributed by atoms with Crippen molar-refractivity contribution in [1.29, 1.82) is 0 Å². The predicted octanol–water partition coefficient (Wildman–Crippen LogP) is 1.67. The van der Waals surface area contributed by atoms with Crippen LogP contribution in [0.5, 0.6) is 0 Å². The van der Waals surface area contributed by atoms with E-state index in [9.17, 15) is 4.79 Å². The minimum absolute atomic E-state index is 0.0116. The van der Waals surface area contributed by atoms with Crippen LogP contribution in [0, 0.1) is 11.8 Å². The molecule has 1 aliphatic carbocycles. The first-order valence-corrected chi connectivity index (χ1v) is 5.99. The highest BCUT2D eigenvalue weighted by Gasteiger charge is 2.34. The van der Waals surface area contributed by atoms with Gasteiger partial charge in [0.1, 0.15) is 0 Å². The summed E-state index contributed by atoms with van der Waals surface area (Å²) in [6.07, 6.45) is 4.34. The summed E-state index contributed by atoms with van der Waals surface area (Å²) in [5, 5.41) is 3.13. The number of hydrogen-bond acceptors (Lipinski definition) is 2. The monoisotopic (exact) mass is 212 g/mol. The molecule has 0 aromatic rings. The lowest BCUT2D eigenvalue weighted by atomic mass is 9.78. The van der Waals surface area contributed by atoms with E-state index in [0.29, 0.717) is 12.5 Å². The second-order valence-corrected chi connectivity index (χ2v) is 5.47. The maximum Gasteiger partial charge on any atom is 0.224 e. The predicted molar refractivity (Wildman–Crippen MR) is 62.4 cm³/mol. The average molecular weight is 212 g/mol. The largest absolute Gasteiger partial charge is 0.351 e. The number of carbonyl (C=O) groups excluding carboxylic acids is 1. The van der Waals surface area contributed by atoms with Crippen molar-refractivity contribution in [3.63, 3.8) is 0 Å². The van der Waals surface area contributed by atoms with E-state index in [2.05, 4.69) is 26.1 Å². The molecule has 1 aliphatic rings. The van der Waals surface area contributed by atoms with Crippen molar-refractivity contribution in [2.24, 2.45) is 17.6 Å². The van der Waals surface area contributed by atoms with Gasteiger partial charge in [-0.3, -0.25) is 4.79 Å². The molecule has 0 radical (unpaired) electrons. The fourth-order valence-electron chi connectivity index (χ4n) is 2.11. The summed E-state index contributed by atoms with van der Waals surface area (Å²) in [5.41, 5.74) is 5.70. The zero-order chi connectivity index (χ0) is 11.5. The van der Waals surface area contributed by atoms with E-state index in [-0.39, 0.29) is 17.4 Å². The molecule has 0 bridgehead atoms. The second-order valence-electron chi connectivity index (χ2n) is 5.47. The van der Waals surface area contributed by atoms with Gasteiger partial charge in [-0.1, -0.05) is 13.8 Å². The number of nitrogens with one attached hydrogen (secondary N) is 1. The van der Waals surface area contributed by atoms with E-state index < -0.39 is 0 Å². The molecule has 1 atom stereocenters. The molecule has 15 heavy (non-hydrogen) atoms. The van der Waals surface area contributed by atoms with E-state index in [1.807, 2.05) is 0 Å². The van der Waals surface area contributed by atoms with Gasteiger partial charge in [0.25, 0.3) is 0 Å². The highest BCUT2D eigenvalue weighted by molar-refractivity contribution is 5.79. The van der Waals surface area contributed by atoms with Crippen molar-refractivity contribution in [2.45, 2.75) is 52.0 Å². The third-order valence-corrected chi connectivity index (χ3v) is 3.29. The Kier molecular flexibility index (Phi) is 4.14. The molecule has 1 amide bonds. The molecule has 0 aliphatic heterocycles. The van der Waals surface area contributed by atoms with Crippen LogP contribution < -0.4 is 11.1 Å². The maximum atomic E-state index is 11.9. The molecule has 0 saturated heterocycles. The van der Waals surface area contributed by atoms with Gasteiger partial charge in [0.05, 0.1) is 5.92 Å². The third-order valence-electron chi connectivity index (χ3n) is 3.29. The molecule has 1 rings (SSSR count). The van der Waals surface area contributed by atoms with E-state index in [1.54, 1.807) is 0 Å². The van der Waals surface area contributed by atoms with Gasteiger partial charge < -0.3 is 11.1 Å². The first-order chi connectivity index (χ1) is 6.97. The Morgan fingerprint density at radius 2 is 2.07 bits per heavy atom. The van der Waals surface area contributed by atoms with Crippen molar-refractivity contribution in [1.82, 2.24) is 5.32 Å². The maximum absolute atomic E-state index is 11.9. The number of amides is 1. The summed E-state index contributed by atoms with van der Waals surface area (Å²) in [6, 6.07) is 0. The van der Waals surface area contributed by atoms with Gasteiger partial charge in [0, 0.05) is 12.1 Å². The minimum Gasteiger partial charge on any atom is -0.351 e. The molecule has 1 unspecified atom stereocenters. The molecular formula is C12H24N2O. The van der Waals surface area contributed by atoms with E-state index >= 15 is 0 Å². The lowest BCUT2D eigenvalue weighted by Crippen LogP contribution is -2.53. The third kappa shape index (κ3) is 3.49. The summed E-state index contributed by atoms with van der Waals surface area (Å²) >= 11 is 0. The number of rotatable bonds is 5. The van der Waals surface area contributed by atoms with Crippen LogP contribution in [0.3, 0.4) is 0 Å². The van der Waals surface area contributed by atoms with Gasteiger partial charge >= 0.3 is 0 Å². The van der Waals surface area contributed by atoms with Gasteiger partial charge in [0.15, 0.2) is 0 Å². The molecule has 0 spiro atoms. The Morgan fingerprint density at radius 3 is 2.40 bits per heavy atom. The molecule has 0 aromatic heterocycles. The highest BCUT2D eigenvalue weighted by Crippen LogP contribution is 2.31. The molecule has 0 aromatic carbocycles. The van der Waals surface area contributed by atoms with Gasteiger partial charge in [0.2, 0.25) is 5.91 Å². The zero-order valence-electron chi connectivity index (χ0n) is 10.2. The smallest absolute Gasteiger partial charge is 0.224 e. The summed E-state index contributed by atoms with van der Waals surface area (Å²) in [6.45, 7) is 6.83. The van der Waals surface area contributed by atoms with Crippen LogP contribution in [0.15, 0.2) is 0 Å². The topological polar surface area (TPSA) is 55.1 Å². The molecule has 3 N–H and O–H groups in total. The number of carbonyl (C=O) groups is 1. The first-order valence-electron chi connectivity index (χ1n) is 5.99. The van der Waals surface area contributed by atoms with Crippen molar-refractivity contribution >= 4 is 5.91 Å². The number of nitrogens with two attached hydrogens (primary N) is 1. The Balaban J connectivity index is 2.42. The zero-order valence-corrected chi connectivity index (χ0v) is 10.2. The first kappa shape index (κ1) is 12.5. The molecule has 3 heteroatoms. The molecule has 1 fully saturated rings. The Morgan fingerprint density at radius 1 is 1.47 bits per heavy atom. The fraction of sp³-hybridized carbons (Fsp3) is 0.917. The van der Waals surface area contributed by atoms with Crippen molar-refractivity contribution in [3.8, 4) is 0 Å². The second kappa shape index (κ2) is 4.97. The van der Waals surface area contributed by atoms with Gasteiger partial charge in [-0.05, 0) is 38.5 Å². The van der Waals surface area contributed by atoms with E-state index in [4.69, 9.17) is 5.73 Å². The van der Waals surface area contributed by atoms with Gasteiger partial charge in [-0.2, -0.15) is 0 Å². The van der Waals surface area contributed by atoms with Crippen LogP contribution in [0.25, 0.3) is 0 Å². The standard InChI is InChI=1S/C12H24N2O/c1-9(2)7-10(8-13)11(15)14-12(3)5-4-6-12/h9-10H,4-8,13H2,1-3H3,(H,14,15). The van der Waals surface area contributed by atoms with Gasteiger partial charge in [-0.15, -0.1) is 0 Å². The molecule has 0 heterocycles. The Hall–Kier alpha value is -0.570. The Bertz CT molecular complexity index is 222. The van der Waals surface area contributed by atoms with Crippen molar-refractivity contribution in [2.75, 3.05) is 6.54 Å². The molecular weight excluding hydrogens is 188 g/mol. The summed E-state index contributed by atoms with van der Waals surface area (Å²) < 4.78 is 0. The summed E-state index contributed by atoms with van der Waals surface area (Å²) in [5.74, 6) is 0.661. The molecule has 88 valence electrons. The van der Waals surface area contributed by atoms with Crippen LogP contribution in [0.1, 0.15) is 46.5 Å². The Labute approximate surface area is 92.8 Å². The number of hydrogen-bond donors (Lipinski definition) is 2.